The number of piperazine rings is 1. The highest BCUT2D eigenvalue weighted by atomic mass is 15.2. The molecule has 0 aromatic heterocycles. The van der Waals surface area contributed by atoms with E-state index in [1.807, 2.05) is 0 Å². The predicted molar refractivity (Wildman–Crippen MR) is 84.7 cm³/mol. The van der Waals surface area contributed by atoms with E-state index in [9.17, 15) is 0 Å². The van der Waals surface area contributed by atoms with Crippen LogP contribution in [-0.4, -0.2) is 30.6 Å². The number of benzene rings is 1. The molecule has 2 atom stereocenters. The number of hydrogen-bond donors (Lipinski definition) is 1. The van der Waals surface area contributed by atoms with Crippen molar-refractivity contribution in [2.24, 2.45) is 11.8 Å². The minimum absolute atomic E-state index is 0.560. The van der Waals surface area contributed by atoms with E-state index in [4.69, 9.17) is 0 Å². The Kier molecular flexibility index (Phi) is 4.42. The second-order valence-corrected chi connectivity index (χ2v) is 6.96. The molecule has 2 aliphatic rings. The fourth-order valence-electron chi connectivity index (χ4n) is 3.33. The molecule has 1 aliphatic carbocycles. The maximum absolute atomic E-state index is 3.81. The van der Waals surface area contributed by atoms with Crippen molar-refractivity contribution in [3.63, 3.8) is 0 Å². The molecule has 3 rings (SSSR count). The van der Waals surface area contributed by atoms with Crippen LogP contribution in [-0.2, 0) is 0 Å². The lowest BCUT2D eigenvalue weighted by Crippen LogP contribution is -2.53. The van der Waals surface area contributed by atoms with Crippen molar-refractivity contribution in [3.05, 3.63) is 35.9 Å². The van der Waals surface area contributed by atoms with Crippen LogP contribution in [0.4, 0.5) is 0 Å². The molecule has 2 unspecified atom stereocenters. The highest BCUT2D eigenvalue weighted by molar-refractivity contribution is 5.20. The lowest BCUT2D eigenvalue weighted by Gasteiger charge is -2.41. The van der Waals surface area contributed by atoms with Crippen LogP contribution in [0, 0.1) is 11.8 Å². The van der Waals surface area contributed by atoms with Crippen molar-refractivity contribution in [2.75, 3.05) is 19.6 Å². The van der Waals surface area contributed by atoms with Crippen molar-refractivity contribution >= 4 is 0 Å². The van der Waals surface area contributed by atoms with Crippen molar-refractivity contribution in [2.45, 2.75) is 45.2 Å². The first-order valence-electron chi connectivity index (χ1n) is 8.26. The maximum Gasteiger partial charge on any atom is 0.0473 e. The minimum atomic E-state index is 0.560. The van der Waals surface area contributed by atoms with Crippen LogP contribution >= 0.6 is 0 Å². The summed E-state index contributed by atoms with van der Waals surface area (Å²) in [4.78, 5) is 2.73. The molecule has 1 aromatic carbocycles. The van der Waals surface area contributed by atoms with E-state index >= 15 is 0 Å². The van der Waals surface area contributed by atoms with Gasteiger partial charge in [0.1, 0.15) is 0 Å². The van der Waals surface area contributed by atoms with E-state index in [1.54, 1.807) is 0 Å². The third-order valence-electron chi connectivity index (χ3n) is 4.81. The Morgan fingerprint density at radius 3 is 2.60 bits per heavy atom. The summed E-state index contributed by atoms with van der Waals surface area (Å²) < 4.78 is 0. The van der Waals surface area contributed by atoms with Crippen molar-refractivity contribution < 1.29 is 0 Å². The molecule has 2 heteroatoms. The lowest BCUT2D eigenvalue weighted by molar-refractivity contribution is 0.116. The number of rotatable bonds is 5. The third-order valence-corrected chi connectivity index (χ3v) is 4.81. The van der Waals surface area contributed by atoms with Gasteiger partial charge in [0.25, 0.3) is 0 Å². The highest BCUT2D eigenvalue weighted by Gasteiger charge is 2.37. The molecule has 1 saturated heterocycles. The monoisotopic (exact) mass is 272 g/mol. The van der Waals surface area contributed by atoms with Crippen LogP contribution in [0.3, 0.4) is 0 Å². The van der Waals surface area contributed by atoms with Gasteiger partial charge in [0.05, 0.1) is 0 Å². The van der Waals surface area contributed by atoms with Crippen LogP contribution in [0.15, 0.2) is 30.3 Å². The molecule has 1 aromatic rings. The average Bonchev–Trinajstić information content (AvgIpc) is 3.30. The summed E-state index contributed by atoms with van der Waals surface area (Å²) in [5.74, 6) is 1.74. The number of hydrogen-bond acceptors (Lipinski definition) is 2. The van der Waals surface area contributed by atoms with Crippen molar-refractivity contribution in [1.82, 2.24) is 10.2 Å². The molecule has 1 heterocycles. The average molecular weight is 272 g/mol. The summed E-state index contributed by atoms with van der Waals surface area (Å²) in [6.45, 7) is 8.25. The first kappa shape index (κ1) is 14.1. The second-order valence-electron chi connectivity index (χ2n) is 6.96. The zero-order valence-corrected chi connectivity index (χ0v) is 12.9. The van der Waals surface area contributed by atoms with Crippen LogP contribution < -0.4 is 5.32 Å². The molecule has 20 heavy (non-hydrogen) atoms. The van der Waals surface area contributed by atoms with Gasteiger partial charge in [-0.1, -0.05) is 44.2 Å². The molecule has 2 fully saturated rings. The Bertz CT molecular complexity index is 411. The smallest absolute Gasteiger partial charge is 0.0473 e. The van der Waals surface area contributed by atoms with Gasteiger partial charge in [-0.05, 0) is 43.2 Å². The van der Waals surface area contributed by atoms with Gasteiger partial charge in [-0.3, -0.25) is 4.90 Å². The van der Waals surface area contributed by atoms with E-state index in [0.717, 1.165) is 24.4 Å². The van der Waals surface area contributed by atoms with Gasteiger partial charge in [0.2, 0.25) is 0 Å². The largest absolute Gasteiger partial charge is 0.311 e. The lowest BCUT2D eigenvalue weighted by atomic mass is 9.98. The number of nitrogens with one attached hydrogen (secondary N) is 1. The zero-order chi connectivity index (χ0) is 13.9. The molecule has 0 amide bonds. The molecule has 2 nitrogen and oxygen atoms in total. The van der Waals surface area contributed by atoms with Gasteiger partial charge in [-0.2, -0.15) is 0 Å². The van der Waals surface area contributed by atoms with Gasteiger partial charge in [0, 0.05) is 25.2 Å². The van der Waals surface area contributed by atoms with Crippen LogP contribution in [0.2, 0.25) is 0 Å². The normalized spacial score (nSPS) is 27.9. The molecule has 0 bridgehead atoms. The summed E-state index contributed by atoms with van der Waals surface area (Å²) in [5.41, 5.74) is 1.47. The van der Waals surface area contributed by atoms with Gasteiger partial charge in [-0.25, -0.2) is 0 Å². The van der Waals surface area contributed by atoms with E-state index in [1.165, 1.54) is 37.9 Å². The first-order valence-corrected chi connectivity index (χ1v) is 8.26. The van der Waals surface area contributed by atoms with Gasteiger partial charge in [0.15, 0.2) is 0 Å². The zero-order valence-electron chi connectivity index (χ0n) is 12.9. The molecular weight excluding hydrogens is 244 g/mol. The van der Waals surface area contributed by atoms with Crippen LogP contribution in [0.25, 0.3) is 0 Å². The molecule has 1 N–H and O–H groups in total. The summed E-state index contributed by atoms with van der Waals surface area (Å²) >= 11 is 0. The summed E-state index contributed by atoms with van der Waals surface area (Å²) in [7, 11) is 0. The maximum atomic E-state index is 3.81. The van der Waals surface area contributed by atoms with Crippen molar-refractivity contribution in [1.29, 1.82) is 0 Å². The minimum Gasteiger partial charge on any atom is -0.311 e. The van der Waals surface area contributed by atoms with E-state index in [-0.39, 0.29) is 0 Å². The Labute approximate surface area is 123 Å². The Balaban J connectivity index is 1.69. The summed E-state index contributed by atoms with van der Waals surface area (Å²) in [6.07, 6.45) is 4.18. The van der Waals surface area contributed by atoms with Crippen LogP contribution in [0.5, 0.6) is 0 Å². The molecule has 1 aliphatic heterocycles. The SMILES string of the molecule is CC(C)CCN1CC(C2CC2)NCC1c1ccccc1. The fourth-order valence-corrected chi connectivity index (χ4v) is 3.33. The third kappa shape index (κ3) is 3.42. The standard InChI is InChI=1S/C18H28N2/c1-14(2)10-11-20-13-17(15-8-9-15)19-12-18(20)16-6-4-3-5-7-16/h3-7,14-15,17-19H,8-13H2,1-2H3. The molecule has 0 spiro atoms. The predicted octanol–water partition coefficient (Wildman–Crippen LogP) is 3.46. The highest BCUT2D eigenvalue weighted by Crippen LogP contribution is 2.36. The van der Waals surface area contributed by atoms with E-state index in [2.05, 4.69) is 54.4 Å². The van der Waals surface area contributed by atoms with Gasteiger partial charge >= 0.3 is 0 Å². The first-order chi connectivity index (χ1) is 9.74. The Morgan fingerprint density at radius 1 is 1.20 bits per heavy atom. The molecule has 1 saturated carbocycles. The van der Waals surface area contributed by atoms with Crippen molar-refractivity contribution in [3.8, 4) is 0 Å². The van der Waals surface area contributed by atoms with E-state index in [0.29, 0.717) is 6.04 Å². The van der Waals surface area contributed by atoms with Gasteiger partial charge in [-0.15, -0.1) is 0 Å². The topological polar surface area (TPSA) is 15.3 Å². The molecule has 110 valence electrons. The summed E-state index contributed by atoms with van der Waals surface area (Å²) in [6, 6.07) is 12.3. The Morgan fingerprint density at radius 2 is 1.95 bits per heavy atom. The molecular formula is C18H28N2. The number of nitrogens with zero attached hydrogens (tertiary/aromatic N) is 1. The second kappa shape index (κ2) is 6.28. The molecule has 0 radical (unpaired) electrons. The summed E-state index contributed by atoms with van der Waals surface area (Å²) in [5, 5.41) is 3.81. The van der Waals surface area contributed by atoms with Crippen LogP contribution in [0.1, 0.15) is 44.7 Å². The van der Waals surface area contributed by atoms with E-state index < -0.39 is 0 Å². The Hall–Kier alpha value is -0.860. The fraction of sp³-hybridized carbons (Fsp3) is 0.667. The quantitative estimate of drug-likeness (QED) is 0.883. The van der Waals surface area contributed by atoms with Gasteiger partial charge < -0.3 is 5.32 Å².